The van der Waals surface area contributed by atoms with Crippen LogP contribution in [-0.4, -0.2) is 29.9 Å². The van der Waals surface area contributed by atoms with E-state index in [4.69, 9.17) is 0 Å². The zero-order chi connectivity index (χ0) is 12.1. The third-order valence-corrected chi connectivity index (χ3v) is 3.34. The molecule has 1 aliphatic heterocycles. The maximum atomic E-state index is 12.2. The molecule has 0 aromatic heterocycles. The topological polar surface area (TPSA) is 48.0 Å². The highest BCUT2D eigenvalue weighted by molar-refractivity contribution is 5.80. The Morgan fingerprint density at radius 2 is 1.82 bits per heavy atom. The molecule has 1 heterocycles. The number of quaternary nitrogens is 1. The number of hydrogen-bond donors (Lipinski definition) is 1. The Balaban J connectivity index is 1.90. The van der Waals surface area contributed by atoms with Gasteiger partial charge in [-0.15, -0.1) is 0 Å². The van der Waals surface area contributed by atoms with Crippen LogP contribution in [0.3, 0.4) is 0 Å². The van der Waals surface area contributed by atoms with Crippen LogP contribution in [0.25, 0.3) is 0 Å². The summed E-state index contributed by atoms with van der Waals surface area (Å²) in [5.74, 6) is 0.216. The predicted molar refractivity (Wildman–Crippen MR) is 67.3 cm³/mol. The van der Waals surface area contributed by atoms with E-state index in [0.29, 0.717) is 0 Å². The third-order valence-electron chi connectivity index (χ3n) is 3.34. The number of piperidine rings is 1. The van der Waals surface area contributed by atoms with Crippen molar-refractivity contribution < 1.29 is 10.5 Å². The van der Waals surface area contributed by atoms with Crippen LogP contribution in [0.15, 0.2) is 30.3 Å². The number of likely N-dealkylation sites (tertiary alicyclic amines) is 1. The fourth-order valence-corrected chi connectivity index (χ4v) is 2.36. The number of hydrogen-bond acceptors (Lipinski definition) is 1. The molecular weight excluding hydrogens is 212 g/mol. The summed E-state index contributed by atoms with van der Waals surface area (Å²) >= 11 is 0. The molecule has 0 bridgehead atoms. The summed E-state index contributed by atoms with van der Waals surface area (Å²) in [4.78, 5) is 14.1. The average Bonchev–Trinajstić information content (AvgIpc) is 2.40. The molecular formula is C14H21N2O+. The van der Waals surface area contributed by atoms with Gasteiger partial charge in [-0.2, -0.15) is 0 Å². The Kier molecular flexibility index (Phi) is 4.15. The Hall–Kier alpha value is -1.35. The number of carbonyl (C=O) groups is 1. The molecule has 0 spiro atoms. The highest BCUT2D eigenvalue weighted by atomic mass is 16.2. The molecule has 1 atom stereocenters. The van der Waals surface area contributed by atoms with Crippen molar-refractivity contribution in [3.63, 3.8) is 0 Å². The van der Waals surface area contributed by atoms with Crippen LogP contribution < -0.4 is 5.73 Å². The normalized spacial score (nSPS) is 17.8. The second kappa shape index (κ2) is 5.82. The molecule has 1 saturated heterocycles. The molecule has 1 aromatic rings. The van der Waals surface area contributed by atoms with Crippen LogP contribution in [-0.2, 0) is 11.2 Å². The van der Waals surface area contributed by atoms with Crippen molar-refractivity contribution in [3.8, 4) is 0 Å². The van der Waals surface area contributed by atoms with Gasteiger partial charge in [0.15, 0.2) is 6.04 Å². The van der Waals surface area contributed by atoms with E-state index in [2.05, 4.69) is 17.9 Å². The van der Waals surface area contributed by atoms with Crippen molar-refractivity contribution >= 4 is 5.91 Å². The predicted octanol–water partition coefficient (Wildman–Crippen LogP) is 0.852. The van der Waals surface area contributed by atoms with E-state index in [0.717, 1.165) is 32.4 Å². The summed E-state index contributed by atoms with van der Waals surface area (Å²) in [6.45, 7) is 1.83. The van der Waals surface area contributed by atoms with Crippen LogP contribution in [0.1, 0.15) is 24.8 Å². The summed E-state index contributed by atoms with van der Waals surface area (Å²) in [5.41, 5.74) is 5.21. The Morgan fingerprint density at radius 1 is 1.18 bits per heavy atom. The third kappa shape index (κ3) is 3.30. The minimum absolute atomic E-state index is 0.143. The molecule has 0 saturated carbocycles. The van der Waals surface area contributed by atoms with Gasteiger partial charge >= 0.3 is 0 Å². The highest BCUT2D eigenvalue weighted by Gasteiger charge is 2.25. The van der Waals surface area contributed by atoms with E-state index in [9.17, 15) is 4.79 Å². The van der Waals surface area contributed by atoms with Gasteiger partial charge in [-0.25, -0.2) is 0 Å². The van der Waals surface area contributed by atoms with Crippen LogP contribution in [0.2, 0.25) is 0 Å². The molecule has 1 fully saturated rings. The summed E-state index contributed by atoms with van der Waals surface area (Å²) < 4.78 is 0. The number of benzene rings is 1. The van der Waals surface area contributed by atoms with Gasteiger partial charge in [-0.05, 0) is 24.8 Å². The van der Waals surface area contributed by atoms with Crippen LogP contribution in [0.4, 0.5) is 0 Å². The van der Waals surface area contributed by atoms with E-state index in [1.165, 1.54) is 12.0 Å². The first-order valence-electron chi connectivity index (χ1n) is 6.43. The molecule has 1 aliphatic rings. The van der Waals surface area contributed by atoms with Crippen LogP contribution >= 0.6 is 0 Å². The lowest BCUT2D eigenvalue weighted by Crippen LogP contribution is -2.69. The zero-order valence-electron chi connectivity index (χ0n) is 10.3. The SMILES string of the molecule is [NH3+][C@@H](Cc1ccccc1)C(=O)N1CCCCC1. The van der Waals surface area contributed by atoms with E-state index < -0.39 is 0 Å². The highest BCUT2D eigenvalue weighted by Crippen LogP contribution is 2.10. The Morgan fingerprint density at radius 3 is 2.47 bits per heavy atom. The van der Waals surface area contributed by atoms with E-state index >= 15 is 0 Å². The fourth-order valence-electron chi connectivity index (χ4n) is 2.36. The number of rotatable bonds is 3. The van der Waals surface area contributed by atoms with Crippen LogP contribution in [0.5, 0.6) is 0 Å². The van der Waals surface area contributed by atoms with E-state index in [1.807, 2.05) is 23.1 Å². The lowest BCUT2D eigenvalue weighted by atomic mass is 10.0. The van der Waals surface area contributed by atoms with Gasteiger partial charge in [0, 0.05) is 19.5 Å². The molecule has 0 radical (unpaired) electrons. The zero-order valence-corrected chi connectivity index (χ0v) is 10.3. The number of amides is 1. The van der Waals surface area contributed by atoms with Crippen molar-refractivity contribution in [2.24, 2.45) is 0 Å². The molecule has 3 N–H and O–H groups in total. The van der Waals surface area contributed by atoms with Crippen molar-refractivity contribution in [1.29, 1.82) is 0 Å². The largest absolute Gasteiger partial charge is 0.347 e. The average molecular weight is 233 g/mol. The Bertz CT molecular complexity index is 358. The first-order chi connectivity index (χ1) is 8.27. The molecule has 1 amide bonds. The minimum Gasteiger partial charge on any atom is -0.347 e. The van der Waals surface area contributed by atoms with E-state index in [1.54, 1.807) is 0 Å². The Labute approximate surface area is 103 Å². The molecule has 17 heavy (non-hydrogen) atoms. The first-order valence-corrected chi connectivity index (χ1v) is 6.43. The standard InChI is InChI=1S/C14H20N2O/c15-13(11-12-7-3-1-4-8-12)14(17)16-9-5-2-6-10-16/h1,3-4,7-8,13H,2,5-6,9-11,15H2/p+1/t13-/m0/s1. The van der Waals surface area contributed by atoms with Gasteiger partial charge in [-0.3, -0.25) is 4.79 Å². The molecule has 92 valence electrons. The number of nitrogens with zero attached hydrogens (tertiary/aromatic N) is 1. The lowest BCUT2D eigenvalue weighted by molar-refractivity contribution is -0.405. The molecule has 1 aromatic carbocycles. The van der Waals surface area contributed by atoms with Crippen molar-refractivity contribution in [3.05, 3.63) is 35.9 Å². The smallest absolute Gasteiger partial charge is 0.281 e. The van der Waals surface area contributed by atoms with Gasteiger partial charge in [0.2, 0.25) is 0 Å². The van der Waals surface area contributed by atoms with Gasteiger partial charge in [0.1, 0.15) is 0 Å². The summed E-state index contributed by atoms with van der Waals surface area (Å²) in [7, 11) is 0. The maximum Gasteiger partial charge on any atom is 0.281 e. The fraction of sp³-hybridized carbons (Fsp3) is 0.500. The monoisotopic (exact) mass is 233 g/mol. The van der Waals surface area contributed by atoms with Gasteiger partial charge < -0.3 is 10.6 Å². The molecule has 2 rings (SSSR count). The second-order valence-electron chi connectivity index (χ2n) is 4.77. The number of carbonyl (C=O) groups excluding carboxylic acids is 1. The second-order valence-corrected chi connectivity index (χ2v) is 4.77. The molecule has 3 heteroatoms. The van der Waals surface area contributed by atoms with Crippen molar-refractivity contribution in [2.75, 3.05) is 13.1 Å². The summed E-state index contributed by atoms with van der Waals surface area (Å²) in [6, 6.07) is 9.98. The van der Waals surface area contributed by atoms with Gasteiger partial charge in [-0.1, -0.05) is 30.3 Å². The minimum atomic E-state index is -0.143. The molecule has 0 unspecified atom stereocenters. The van der Waals surface area contributed by atoms with Gasteiger partial charge in [0.05, 0.1) is 0 Å². The quantitative estimate of drug-likeness (QED) is 0.826. The van der Waals surface area contributed by atoms with Gasteiger partial charge in [0.25, 0.3) is 5.91 Å². The maximum absolute atomic E-state index is 12.2. The molecule has 0 aliphatic carbocycles. The van der Waals surface area contributed by atoms with E-state index in [-0.39, 0.29) is 11.9 Å². The molecule has 3 nitrogen and oxygen atoms in total. The van der Waals surface area contributed by atoms with Crippen molar-refractivity contribution in [2.45, 2.75) is 31.7 Å². The first kappa shape index (κ1) is 12.1. The lowest BCUT2D eigenvalue weighted by Gasteiger charge is -2.27. The van der Waals surface area contributed by atoms with Crippen molar-refractivity contribution in [1.82, 2.24) is 4.90 Å². The van der Waals surface area contributed by atoms with Crippen LogP contribution in [0, 0.1) is 0 Å². The summed E-state index contributed by atoms with van der Waals surface area (Å²) in [5, 5.41) is 0. The summed E-state index contributed by atoms with van der Waals surface area (Å²) in [6.07, 6.45) is 4.29.